The predicted molar refractivity (Wildman–Crippen MR) is 64.6 cm³/mol. The molecule has 0 radical (unpaired) electrons. The van der Waals surface area contributed by atoms with E-state index in [1.165, 1.54) is 0 Å². The quantitative estimate of drug-likeness (QED) is 0.407. The van der Waals surface area contributed by atoms with Gasteiger partial charge in [0.15, 0.2) is 6.29 Å². The molecule has 0 aliphatic carbocycles. The largest absolute Gasteiger partial charge is 0.392 e. The molecule has 0 amide bonds. The fraction of sp³-hybridized carbons (Fsp3) is 0.833. The first-order chi connectivity index (χ1) is 7.79. The molecule has 1 N–H and O–H groups in total. The zero-order chi connectivity index (χ0) is 11.8. The third kappa shape index (κ3) is 4.42. The number of hydrogen-bond donors (Lipinski definition) is 1. The van der Waals surface area contributed by atoms with Crippen LogP contribution in [-0.4, -0.2) is 36.6 Å². The summed E-state index contributed by atoms with van der Waals surface area (Å²) in [5.74, 6) is 0.695. The molecule has 0 aromatic carbocycles. The van der Waals surface area contributed by atoms with Crippen molar-refractivity contribution in [2.24, 2.45) is 5.92 Å². The van der Waals surface area contributed by atoms with E-state index in [0.717, 1.165) is 19.3 Å². The summed E-state index contributed by atoms with van der Waals surface area (Å²) >= 11 is 5.64. The molecule has 16 heavy (non-hydrogen) atoms. The van der Waals surface area contributed by atoms with Crippen molar-refractivity contribution in [3.63, 3.8) is 0 Å². The summed E-state index contributed by atoms with van der Waals surface area (Å²) in [7, 11) is 0. The average Bonchev–Trinajstić information content (AvgIpc) is 2.78. The zero-order valence-electron chi connectivity index (χ0n) is 9.61. The van der Waals surface area contributed by atoms with E-state index in [2.05, 4.69) is 6.58 Å². The number of ether oxygens (including phenoxy) is 2. The number of unbranched alkanes of at least 4 members (excludes halogenated alkanes) is 1. The second-order valence-electron chi connectivity index (χ2n) is 4.05. The fourth-order valence-electron chi connectivity index (χ4n) is 1.95. The summed E-state index contributed by atoms with van der Waals surface area (Å²) < 4.78 is 10.9. The van der Waals surface area contributed by atoms with E-state index in [9.17, 15) is 5.11 Å². The van der Waals surface area contributed by atoms with E-state index in [4.69, 9.17) is 21.1 Å². The van der Waals surface area contributed by atoms with Gasteiger partial charge in [-0.25, -0.2) is 0 Å². The Hall–Kier alpha value is -0.0900. The molecule has 0 aromatic heterocycles. The second-order valence-corrected chi connectivity index (χ2v) is 4.43. The highest BCUT2D eigenvalue weighted by Crippen LogP contribution is 2.25. The average molecular weight is 249 g/mol. The molecule has 94 valence electrons. The van der Waals surface area contributed by atoms with Gasteiger partial charge in [0.25, 0.3) is 0 Å². The van der Waals surface area contributed by atoms with Crippen molar-refractivity contribution >= 4 is 11.6 Å². The first-order valence-electron chi connectivity index (χ1n) is 5.87. The first-order valence-corrected chi connectivity index (χ1v) is 6.41. The summed E-state index contributed by atoms with van der Waals surface area (Å²) in [5.41, 5.74) is 0. The van der Waals surface area contributed by atoms with Gasteiger partial charge in [-0.1, -0.05) is 12.5 Å². The monoisotopic (exact) mass is 248 g/mol. The van der Waals surface area contributed by atoms with Crippen molar-refractivity contribution in [2.75, 3.05) is 19.1 Å². The maximum absolute atomic E-state index is 10.0. The van der Waals surface area contributed by atoms with Gasteiger partial charge in [0.1, 0.15) is 0 Å². The molecule has 0 saturated carbocycles. The van der Waals surface area contributed by atoms with Gasteiger partial charge in [0.2, 0.25) is 0 Å². The van der Waals surface area contributed by atoms with Crippen molar-refractivity contribution in [3.8, 4) is 0 Å². The second kappa shape index (κ2) is 8.07. The minimum Gasteiger partial charge on any atom is -0.392 e. The molecule has 1 aliphatic heterocycles. The molecule has 0 spiro atoms. The molecule has 2 atom stereocenters. The van der Waals surface area contributed by atoms with Gasteiger partial charge in [0, 0.05) is 11.8 Å². The van der Waals surface area contributed by atoms with E-state index in [1.807, 2.05) is 0 Å². The molecule has 3 nitrogen and oxygen atoms in total. The summed E-state index contributed by atoms with van der Waals surface area (Å²) in [6.45, 7) is 4.89. The van der Waals surface area contributed by atoms with Crippen LogP contribution in [0.2, 0.25) is 0 Å². The standard InChI is InChI=1S/C12H21ClO3/c1-2-5-11(14)10(6-3-4-7-13)12-15-8-9-16-12/h2,10-12,14H,1,3-9H2/t10?,11-/m1/s1. The van der Waals surface area contributed by atoms with Gasteiger partial charge in [-0.05, 0) is 19.3 Å². The Labute approximate surface area is 102 Å². The van der Waals surface area contributed by atoms with Crippen molar-refractivity contribution in [1.82, 2.24) is 0 Å². The Morgan fingerprint density at radius 1 is 1.38 bits per heavy atom. The Kier molecular flexibility index (Phi) is 7.05. The van der Waals surface area contributed by atoms with Gasteiger partial charge in [-0.2, -0.15) is 0 Å². The Morgan fingerprint density at radius 3 is 2.62 bits per heavy atom. The van der Waals surface area contributed by atoms with Crippen LogP contribution in [0.25, 0.3) is 0 Å². The van der Waals surface area contributed by atoms with Crippen LogP contribution >= 0.6 is 11.6 Å². The van der Waals surface area contributed by atoms with Crippen LogP contribution < -0.4 is 0 Å². The van der Waals surface area contributed by atoms with Crippen molar-refractivity contribution in [3.05, 3.63) is 12.7 Å². The Bertz CT molecular complexity index is 193. The molecule has 1 saturated heterocycles. The van der Waals surface area contributed by atoms with E-state index >= 15 is 0 Å². The lowest BCUT2D eigenvalue weighted by Gasteiger charge is -2.26. The van der Waals surface area contributed by atoms with Crippen LogP contribution in [0, 0.1) is 5.92 Å². The smallest absolute Gasteiger partial charge is 0.163 e. The fourth-order valence-corrected chi connectivity index (χ4v) is 2.14. The van der Waals surface area contributed by atoms with Crippen LogP contribution in [0.4, 0.5) is 0 Å². The molecule has 1 rings (SSSR count). The zero-order valence-corrected chi connectivity index (χ0v) is 10.4. The van der Waals surface area contributed by atoms with E-state index in [1.54, 1.807) is 6.08 Å². The molecule has 0 aromatic rings. The molecular formula is C12H21ClO3. The lowest BCUT2D eigenvalue weighted by atomic mass is 9.93. The Balaban J connectivity index is 2.42. The third-order valence-corrected chi connectivity index (χ3v) is 3.09. The van der Waals surface area contributed by atoms with Crippen molar-refractivity contribution in [1.29, 1.82) is 0 Å². The van der Waals surface area contributed by atoms with Crippen LogP contribution in [0.1, 0.15) is 25.7 Å². The topological polar surface area (TPSA) is 38.7 Å². The normalized spacial score (nSPS) is 20.9. The van der Waals surface area contributed by atoms with Gasteiger partial charge in [-0.15, -0.1) is 18.2 Å². The third-order valence-electron chi connectivity index (χ3n) is 2.82. The SMILES string of the molecule is C=CC[C@@H](O)C(CCCCCl)C1OCCO1. The van der Waals surface area contributed by atoms with Gasteiger partial charge < -0.3 is 14.6 Å². The Morgan fingerprint density at radius 2 is 2.06 bits per heavy atom. The van der Waals surface area contributed by atoms with Crippen LogP contribution in [-0.2, 0) is 9.47 Å². The highest BCUT2D eigenvalue weighted by Gasteiger charge is 2.31. The summed E-state index contributed by atoms with van der Waals surface area (Å²) in [6, 6.07) is 0. The lowest BCUT2D eigenvalue weighted by molar-refractivity contribution is -0.118. The molecule has 0 bridgehead atoms. The maximum atomic E-state index is 10.0. The van der Waals surface area contributed by atoms with Crippen LogP contribution in [0.5, 0.6) is 0 Å². The van der Waals surface area contributed by atoms with E-state index in [0.29, 0.717) is 25.5 Å². The molecule has 1 heterocycles. The summed E-state index contributed by atoms with van der Waals surface area (Å²) in [4.78, 5) is 0. The summed E-state index contributed by atoms with van der Waals surface area (Å²) in [5, 5.41) is 10.0. The molecule has 1 aliphatic rings. The molecule has 1 unspecified atom stereocenters. The highest BCUT2D eigenvalue weighted by atomic mass is 35.5. The van der Waals surface area contributed by atoms with E-state index < -0.39 is 6.10 Å². The van der Waals surface area contributed by atoms with Gasteiger partial charge >= 0.3 is 0 Å². The highest BCUT2D eigenvalue weighted by molar-refractivity contribution is 6.17. The number of aliphatic hydroxyl groups excluding tert-OH is 1. The molecule has 4 heteroatoms. The van der Waals surface area contributed by atoms with E-state index in [-0.39, 0.29) is 12.2 Å². The molecule has 1 fully saturated rings. The predicted octanol–water partition coefficient (Wildman–Crippen LogP) is 2.32. The first kappa shape index (κ1) is 14.0. The number of alkyl halides is 1. The summed E-state index contributed by atoms with van der Waals surface area (Å²) in [6.07, 6.45) is 4.45. The van der Waals surface area contributed by atoms with Gasteiger partial charge in [-0.3, -0.25) is 0 Å². The number of halogens is 1. The van der Waals surface area contributed by atoms with Crippen molar-refractivity contribution in [2.45, 2.75) is 38.1 Å². The number of aliphatic hydroxyl groups is 1. The number of hydrogen-bond acceptors (Lipinski definition) is 3. The van der Waals surface area contributed by atoms with Crippen LogP contribution in [0.3, 0.4) is 0 Å². The lowest BCUT2D eigenvalue weighted by Crippen LogP contribution is -2.32. The maximum Gasteiger partial charge on any atom is 0.163 e. The minimum absolute atomic E-state index is 0.0312. The van der Waals surface area contributed by atoms with Gasteiger partial charge in [0.05, 0.1) is 19.3 Å². The minimum atomic E-state index is -0.434. The number of rotatable bonds is 8. The molecular weight excluding hydrogens is 228 g/mol. The van der Waals surface area contributed by atoms with Crippen LogP contribution in [0.15, 0.2) is 12.7 Å². The van der Waals surface area contributed by atoms with Crippen molar-refractivity contribution < 1.29 is 14.6 Å².